The molecule has 1 saturated heterocycles. The lowest BCUT2D eigenvalue weighted by Gasteiger charge is -2.15. The maximum Gasteiger partial charge on any atom is 0.327 e. The van der Waals surface area contributed by atoms with Gasteiger partial charge in [0.2, 0.25) is 0 Å². The van der Waals surface area contributed by atoms with Crippen molar-refractivity contribution in [3.8, 4) is 0 Å². The van der Waals surface area contributed by atoms with E-state index in [2.05, 4.69) is 0 Å². The van der Waals surface area contributed by atoms with Gasteiger partial charge in [0.25, 0.3) is 5.91 Å². The Kier molecular flexibility index (Phi) is 2.88. The second-order valence-electron chi connectivity index (χ2n) is 3.37. The Balaban J connectivity index is 2.84. The van der Waals surface area contributed by atoms with Gasteiger partial charge < -0.3 is 4.90 Å². The lowest BCUT2D eigenvalue weighted by atomic mass is 10.3. The van der Waals surface area contributed by atoms with Crippen LogP contribution >= 0.6 is 0 Å². The summed E-state index contributed by atoms with van der Waals surface area (Å²) in [5, 5.41) is 0. The summed E-state index contributed by atoms with van der Waals surface area (Å²) in [6.45, 7) is 5.21. The van der Waals surface area contributed by atoms with Gasteiger partial charge in [0, 0.05) is 6.54 Å². The van der Waals surface area contributed by atoms with E-state index in [0.29, 0.717) is 6.54 Å². The molecule has 5 heteroatoms. The summed E-state index contributed by atoms with van der Waals surface area (Å²) in [5.74, 6) is -0.469. The number of ketones is 1. The molecule has 0 aromatic heterocycles. The van der Waals surface area contributed by atoms with Crippen LogP contribution in [0.15, 0.2) is 0 Å². The Labute approximate surface area is 82.7 Å². The number of urea groups is 1. The molecule has 0 bridgehead atoms. The number of carbonyl (C=O) groups is 3. The summed E-state index contributed by atoms with van der Waals surface area (Å²) in [7, 11) is 0. The highest BCUT2D eigenvalue weighted by atomic mass is 16.2. The van der Waals surface area contributed by atoms with E-state index in [1.165, 1.54) is 11.8 Å². The molecular weight excluding hydrogens is 184 g/mol. The minimum Gasteiger partial charge on any atom is -0.313 e. The van der Waals surface area contributed by atoms with Gasteiger partial charge >= 0.3 is 6.03 Å². The van der Waals surface area contributed by atoms with Gasteiger partial charge in [-0.2, -0.15) is 0 Å². The first-order valence-corrected chi connectivity index (χ1v) is 4.60. The van der Waals surface area contributed by atoms with Crippen LogP contribution < -0.4 is 0 Å². The zero-order valence-corrected chi connectivity index (χ0v) is 8.61. The van der Waals surface area contributed by atoms with Gasteiger partial charge in [-0.15, -0.1) is 0 Å². The van der Waals surface area contributed by atoms with E-state index < -0.39 is 6.04 Å². The Hall–Kier alpha value is -1.39. The van der Waals surface area contributed by atoms with Crippen molar-refractivity contribution in [1.29, 1.82) is 0 Å². The fourth-order valence-electron chi connectivity index (χ4n) is 1.55. The maximum absolute atomic E-state index is 11.6. The minimum absolute atomic E-state index is 0.113. The van der Waals surface area contributed by atoms with Crippen molar-refractivity contribution in [2.45, 2.75) is 26.8 Å². The highest BCUT2D eigenvalue weighted by Crippen LogP contribution is 2.16. The van der Waals surface area contributed by atoms with E-state index in [-0.39, 0.29) is 24.3 Å². The highest BCUT2D eigenvalue weighted by molar-refractivity contribution is 6.06. The summed E-state index contributed by atoms with van der Waals surface area (Å²) < 4.78 is 0. The van der Waals surface area contributed by atoms with Crippen molar-refractivity contribution in [2.24, 2.45) is 0 Å². The molecule has 1 unspecified atom stereocenters. The number of rotatable bonds is 3. The number of imide groups is 1. The highest BCUT2D eigenvalue weighted by Gasteiger charge is 2.41. The molecule has 78 valence electrons. The molecule has 3 amide bonds. The fraction of sp³-hybridized carbons (Fsp3) is 0.667. The van der Waals surface area contributed by atoms with Crippen molar-refractivity contribution in [2.75, 3.05) is 13.1 Å². The Morgan fingerprint density at radius 2 is 2.00 bits per heavy atom. The molecule has 1 heterocycles. The Morgan fingerprint density at radius 1 is 1.43 bits per heavy atom. The fourth-order valence-corrected chi connectivity index (χ4v) is 1.55. The largest absolute Gasteiger partial charge is 0.327 e. The van der Waals surface area contributed by atoms with E-state index in [1.54, 1.807) is 13.8 Å². The topological polar surface area (TPSA) is 57.7 Å². The predicted molar refractivity (Wildman–Crippen MR) is 49.6 cm³/mol. The van der Waals surface area contributed by atoms with E-state index in [1.807, 2.05) is 0 Å². The van der Waals surface area contributed by atoms with Gasteiger partial charge in [-0.3, -0.25) is 14.5 Å². The molecule has 0 N–H and O–H groups in total. The van der Waals surface area contributed by atoms with Crippen LogP contribution in [0.5, 0.6) is 0 Å². The van der Waals surface area contributed by atoms with Crippen LogP contribution in [-0.2, 0) is 9.59 Å². The average Bonchev–Trinajstić information content (AvgIpc) is 2.30. The molecule has 1 aliphatic rings. The monoisotopic (exact) mass is 198 g/mol. The minimum atomic E-state index is -0.438. The number of nitrogens with zero attached hydrogens (tertiary/aromatic N) is 2. The third-order valence-electron chi connectivity index (χ3n) is 2.29. The summed E-state index contributed by atoms with van der Waals surface area (Å²) in [5.41, 5.74) is 0. The van der Waals surface area contributed by atoms with Crippen LogP contribution in [0.3, 0.4) is 0 Å². The van der Waals surface area contributed by atoms with Crippen molar-refractivity contribution in [3.63, 3.8) is 0 Å². The molecular formula is C9H14N2O3. The third-order valence-corrected chi connectivity index (χ3v) is 2.29. The van der Waals surface area contributed by atoms with Gasteiger partial charge in [-0.05, 0) is 20.8 Å². The molecule has 0 radical (unpaired) electrons. The lowest BCUT2D eigenvalue weighted by Crippen LogP contribution is -2.36. The number of likely N-dealkylation sites (N-methyl/N-ethyl adjacent to an activating group) is 1. The Morgan fingerprint density at radius 3 is 2.36 bits per heavy atom. The first-order valence-electron chi connectivity index (χ1n) is 4.60. The van der Waals surface area contributed by atoms with Gasteiger partial charge in [0.1, 0.15) is 11.8 Å². The number of hydrogen-bond acceptors (Lipinski definition) is 3. The van der Waals surface area contributed by atoms with Crippen molar-refractivity contribution < 1.29 is 14.4 Å². The molecule has 1 atom stereocenters. The van der Waals surface area contributed by atoms with Crippen LogP contribution in [-0.4, -0.2) is 46.7 Å². The number of hydrogen-bond donors (Lipinski definition) is 0. The normalized spacial score (nSPS) is 22.1. The SMILES string of the molecule is CCN1C(=O)N(CC(C)=O)C(=O)C1C. The van der Waals surface area contributed by atoms with Crippen LogP contribution in [0.1, 0.15) is 20.8 Å². The van der Waals surface area contributed by atoms with Crippen LogP contribution in [0.25, 0.3) is 0 Å². The summed E-state index contributed by atoms with van der Waals surface area (Å²) in [6, 6.07) is -0.799. The van der Waals surface area contributed by atoms with E-state index in [4.69, 9.17) is 0 Å². The first-order chi connectivity index (χ1) is 6.49. The summed E-state index contributed by atoms with van der Waals surface area (Å²) in [6.07, 6.45) is 0. The lowest BCUT2D eigenvalue weighted by molar-refractivity contribution is -0.131. The zero-order valence-electron chi connectivity index (χ0n) is 8.61. The van der Waals surface area contributed by atoms with E-state index in [0.717, 1.165) is 4.90 Å². The van der Waals surface area contributed by atoms with Crippen molar-refractivity contribution in [1.82, 2.24) is 9.80 Å². The van der Waals surface area contributed by atoms with Gasteiger partial charge in [-0.25, -0.2) is 4.79 Å². The van der Waals surface area contributed by atoms with E-state index in [9.17, 15) is 14.4 Å². The molecule has 1 aliphatic heterocycles. The average molecular weight is 198 g/mol. The summed E-state index contributed by atoms with van der Waals surface area (Å²) >= 11 is 0. The molecule has 0 aromatic rings. The number of amides is 3. The van der Waals surface area contributed by atoms with Crippen LogP contribution in [0.2, 0.25) is 0 Å². The van der Waals surface area contributed by atoms with Gasteiger partial charge in [0.05, 0.1) is 6.54 Å². The zero-order chi connectivity index (χ0) is 10.9. The second-order valence-corrected chi connectivity index (χ2v) is 3.37. The molecule has 14 heavy (non-hydrogen) atoms. The first kappa shape index (κ1) is 10.7. The summed E-state index contributed by atoms with van der Waals surface area (Å²) in [4.78, 5) is 36.4. The van der Waals surface area contributed by atoms with Crippen molar-refractivity contribution >= 4 is 17.7 Å². The maximum atomic E-state index is 11.6. The molecule has 0 aliphatic carbocycles. The van der Waals surface area contributed by atoms with Crippen LogP contribution in [0.4, 0.5) is 4.79 Å². The molecule has 1 rings (SSSR count). The van der Waals surface area contributed by atoms with Gasteiger partial charge in [-0.1, -0.05) is 0 Å². The molecule has 5 nitrogen and oxygen atoms in total. The van der Waals surface area contributed by atoms with Gasteiger partial charge in [0.15, 0.2) is 0 Å². The number of carbonyl (C=O) groups excluding carboxylic acids is 3. The Bertz CT molecular complexity index is 288. The quantitative estimate of drug-likeness (QED) is 0.611. The van der Waals surface area contributed by atoms with Crippen LogP contribution in [0, 0.1) is 0 Å². The molecule has 0 aromatic carbocycles. The standard InChI is InChI=1S/C9H14N2O3/c1-4-10-7(3)8(13)11(9(10)14)5-6(2)12/h7H,4-5H2,1-3H3. The molecule has 0 spiro atoms. The number of Topliss-reactive ketones (excluding diaryl/α,β-unsaturated/α-hetero) is 1. The van der Waals surface area contributed by atoms with E-state index >= 15 is 0 Å². The van der Waals surface area contributed by atoms with Crippen molar-refractivity contribution in [3.05, 3.63) is 0 Å². The molecule has 1 fully saturated rings. The molecule has 0 saturated carbocycles. The predicted octanol–water partition coefficient (Wildman–Crippen LogP) is 0.248. The second kappa shape index (κ2) is 3.77. The third kappa shape index (κ3) is 1.62. The smallest absolute Gasteiger partial charge is 0.313 e.